The number of hydrogen-bond acceptors (Lipinski definition) is 4. The van der Waals surface area contributed by atoms with E-state index in [2.05, 4.69) is 10.2 Å². The zero-order chi connectivity index (χ0) is 20.8. The zero-order valence-electron chi connectivity index (χ0n) is 17.1. The number of phenolic OH excluding ortho intramolecular Hbond substituents is 1. The third kappa shape index (κ3) is 4.95. The first-order valence-electron chi connectivity index (χ1n) is 10.3. The SMILES string of the molecule is CCN(CC)C(=O)c1ccc(NC(=O)C(c2cccc(O)c2)N2CCCC2)cc1. The first kappa shape index (κ1) is 20.9. The van der Waals surface area contributed by atoms with Crippen molar-refractivity contribution in [2.24, 2.45) is 0 Å². The van der Waals surface area contributed by atoms with E-state index in [0.717, 1.165) is 31.5 Å². The molecule has 0 spiro atoms. The maximum atomic E-state index is 13.1. The molecule has 154 valence electrons. The molecule has 0 radical (unpaired) electrons. The van der Waals surface area contributed by atoms with Crippen molar-refractivity contribution in [1.82, 2.24) is 9.80 Å². The molecule has 0 aromatic heterocycles. The number of amides is 2. The molecule has 2 amide bonds. The molecule has 1 heterocycles. The van der Waals surface area contributed by atoms with Gasteiger partial charge in [0.2, 0.25) is 5.91 Å². The number of nitrogens with zero attached hydrogens (tertiary/aromatic N) is 2. The number of likely N-dealkylation sites (tertiary alicyclic amines) is 1. The fourth-order valence-electron chi connectivity index (χ4n) is 3.82. The molecule has 0 saturated carbocycles. The molecule has 6 nitrogen and oxygen atoms in total. The van der Waals surface area contributed by atoms with Crippen molar-refractivity contribution in [2.75, 3.05) is 31.5 Å². The van der Waals surface area contributed by atoms with Gasteiger partial charge in [-0.1, -0.05) is 12.1 Å². The quantitative estimate of drug-likeness (QED) is 0.751. The van der Waals surface area contributed by atoms with E-state index in [9.17, 15) is 14.7 Å². The van der Waals surface area contributed by atoms with Crippen LogP contribution in [0, 0.1) is 0 Å². The number of phenols is 1. The summed E-state index contributed by atoms with van der Waals surface area (Å²) in [6.07, 6.45) is 2.12. The van der Waals surface area contributed by atoms with Crippen LogP contribution in [0.3, 0.4) is 0 Å². The van der Waals surface area contributed by atoms with Crippen molar-refractivity contribution in [1.29, 1.82) is 0 Å². The van der Waals surface area contributed by atoms with Crippen molar-refractivity contribution in [3.63, 3.8) is 0 Å². The van der Waals surface area contributed by atoms with E-state index in [1.807, 2.05) is 19.9 Å². The second-order valence-corrected chi connectivity index (χ2v) is 7.28. The highest BCUT2D eigenvalue weighted by Crippen LogP contribution is 2.28. The zero-order valence-corrected chi connectivity index (χ0v) is 17.1. The van der Waals surface area contributed by atoms with Crippen molar-refractivity contribution in [3.8, 4) is 5.75 Å². The van der Waals surface area contributed by atoms with Gasteiger partial charge in [0.25, 0.3) is 5.91 Å². The lowest BCUT2D eigenvalue weighted by atomic mass is 10.0. The lowest BCUT2D eigenvalue weighted by molar-refractivity contribution is -0.121. The van der Waals surface area contributed by atoms with Crippen LogP contribution in [0.25, 0.3) is 0 Å². The van der Waals surface area contributed by atoms with Gasteiger partial charge in [-0.05, 0) is 81.7 Å². The number of anilines is 1. The van der Waals surface area contributed by atoms with Gasteiger partial charge in [0.1, 0.15) is 11.8 Å². The van der Waals surface area contributed by atoms with Crippen LogP contribution in [0.15, 0.2) is 48.5 Å². The van der Waals surface area contributed by atoms with Crippen molar-refractivity contribution >= 4 is 17.5 Å². The Morgan fingerprint density at radius 1 is 1.07 bits per heavy atom. The highest BCUT2D eigenvalue weighted by Gasteiger charge is 2.30. The van der Waals surface area contributed by atoms with Gasteiger partial charge in [-0.15, -0.1) is 0 Å². The van der Waals surface area contributed by atoms with Gasteiger partial charge >= 0.3 is 0 Å². The minimum absolute atomic E-state index is 0.0115. The molecule has 29 heavy (non-hydrogen) atoms. The van der Waals surface area contributed by atoms with Crippen LogP contribution in [0.5, 0.6) is 5.75 Å². The van der Waals surface area contributed by atoms with E-state index < -0.39 is 6.04 Å². The normalized spacial score (nSPS) is 15.1. The Bertz CT molecular complexity index is 841. The standard InChI is InChI=1S/C23H29N3O3/c1-3-25(4-2)23(29)17-10-12-19(13-11-17)24-22(28)21(26-14-5-6-15-26)18-8-7-9-20(27)16-18/h7-13,16,21,27H,3-6,14-15H2,1-2H3,(H,24,28). The average Bonchev–Trinajstić information content (AvgIpc) is 3.24. The van der Waals surface area contributed by atoms with E-state index in [0.29, 0.717) is 24.3 Å². The third-order valence-electron chi connectivity index (χ3n) is 5.39. The third-order valence-corrected chi connectivity index (χ3v) is 5.39. The molecule has 0 aliphatic carbocycles. The molecular weight excluding hydrogens is 366 g/mol. The van der Waals surface area contributed by atoms with E-state index in [1.54, 1.807) is 47.4 Å². The second kappa shape index (κ2) is 9.56. The van der Waals surface area contributed by atoms with Crippen LogP contribution in [0.2, 0.25) is 0 Å². The molecular formula is C23H29N3O3. The Kier molecular flexibility index (Phi) is 6.88. The first-order valence-corrected chi connectivity index (χ1v) is 10.3. The van der Waals surface area contributed by atoms with Crippen LogP contribution < -0.4 is 5.32 Å². The van der Waals surface area contributed by atoms with Crippen molar-refractivity contribution in [3.05, 3.63) is 59.7 Å². The summed E-state index contributed by atoms with van der Waals surface area (Å²) >= 11 is 0. The molecule has 2 aromatic carbocycles. The Balaban J connectivity index is 1.76. The van der Waals surface area contributed by atoms with Gasteiger partial charge in [0.15, 0.2) is 0 Å². The van der Waals surface area contributed by atoms with E-state index in [-0.39, 0.29) is 17.6 Å². The highest BCUT2D eigenvalue weighted by atomic mass is 16.3. The number of carbonyl (C=O) groups is 2. The summed E-state index contributed by atoms with van der Waals surface area (Å²) in [4.78, 5) is 29.5. The summed E-state index contributed by atoms with van der Waals surface area (Å²) in [5.74, 6) is 0.00154. The summed E-state index contributed by atoms with van der Waals surface area (Å²) in [5, 5.41) is 12.8. The Morgan fingerprint density at radius 2 is 1.72 bits per heavy atom. The Morgan fingerprint density at radius 3 is 2.31 bits per heavy atom. The van der Waals surface area contributed by atoms with E-state index >= 15 is 0 Å². The lowest BCUT2D eigenvalue weighted by Crippen LogP contribution is -2.35. The predicted octanol–water partition coefficient (Wildman–Crippen LogP) is 3.65. The topological polar surface area (TPSA) is 72.9 Å². The van der Waals surface area contributed by atoms with Crippen LogP contribution in [-0.4, -0.2) is 52.9 Å². The molecule has 1 aliphatic rings. The second-order valence-electron chi connectivity index (χ2n) is 7.28. The number of nitrogens with one attached hydrogen (secondary N) is 1. The minimum atomic E-state index is -0.457. The van der Waals surface area contributed by atoms with E-state index in [4.69, 9.17) is 0 Å². The summed E-state index contributed by atoms with van der Waals surface area (Å²) < 4.78 is 0. The molecule has 1 aliphatic heterocycles. The fourth-order valence-corrected chi connectivity index (χ4v) is 3.82. The molecule has 1 saturated heterocycles. The first-order chi connectivity index (χ1) is 14.0. The van der Waals surface area contributed by atoms with Crippen LogP contribution >= 0.6 is 0 Å². The minimum Gasteiger partial charge on any atom is -0.508 e. The monoisotopic (exact) mass is 395 g/mol. The van der Waals surface area contributed by atoms with Crippen molar-refractivity contribution < 1.29 is 14.7 Å². The molecule has 1 atom stereocenters. The maximum absolute atomic E-state index is 13.1. The lowest BCUT2D eigenvalue weighted by Gasteiger charge is -2.27. The van der Waals surface area contributed by atoms with Crippen LogP contribution in [-0.2, 0) is 4.79 Å². The molecule has 1 fully saturated rings. The summed E-state index contributed by atoms with van der Waals surface area (Å²) in [6.45, 7) is 6.94. The van der Waals surface area contributed by atoms with Crippen molar-refractivity contribution in [2.45, 2.75) is 32.7 Å². The molecule has 2 aromatic rings. The summed E-state index contributed by atoms with van der Waals surface area (Å²) in [7, 11) is 0. The largest absolute Gasteiger partial charge is 0.508 e. The average molecular weight is 396 g/mol. The van der Waals surface area contributed by atoms with Gasteiger partial charge in [-0.25, -0.2) is 0 Å². The number of aromatic hydroxyl groups is 1. The number of carbonyl (C=O) groups excluding carboxylic acids is 2. The molecule has 6 heteroatoms. The summed E-state index contributed by atoms with van der Waals surface area (Å²) in [6, 6.07) is 13.4. The number of benzene rings is 2. The molecule has 3 rings (SSSR count). The molecule has 0 bridgehead atoms. The summed E-state index contributed by atoms with van der Waals surface area (Å²) in [5.41, 5.74) is 2.03. The van der Waals surface area contributed by atoms with Gasteiger partial charge in [0.05, 0.1) is 0 Å². The Labute approximate surface area is 172 Å². The highest BCUT2D eigenvalue weighted by molar-refractivity contribution is 5.97. The van der Waals surface area contributed by atoms with Gasteiger partial charge < -0.3 is 15.3 Å². The van der Waals surface area contributed by atoms with Gasteiger partial charge in [-0.3, -0.25) is 14.5 Å². The van der Waals surface area contributed by atoms with Gasteiger partial charge in [0, 0.05) is 24.3 Å². The molecule has 2 N–H and O–H groups in total. The van der Waals surface area contributed by atoms with Gasteiger partial charge in [-0.2, -0.15) is 0 Å². The number of hydrogen-bond donors (Lipinski definition) is 2. The molecule has 1 unspecified atom stereocenters. The van der Waals surface area contributed by atoms with Crippen LogP contribution in [0.1, 0.15) is 48.7 Å². The predicted molar refractivity (Wildman–Crippen MR) is 114 cm³/mol. The Hall–Kier alpha value is -2.86. The van der Waals surface area contributed by atoms with E-state index in [1.165, 1.54) is 0 Å². The van der Waals surface area contributed by atoms with Crippen LogP contribution in [0.4, 0.5) is 5.69 Å². The maximum Gasteiger partial charge on any atom is 0.253 e. The smallest absolute Gasteiger partial charge is 0.253 e. The number of rotatable bonds is 7. The fraction of sp³-hybridized carbons (Fsp3) is 0.391.